The van der Waals surface area contributed by atoms with Crippen LogP contribution in [0.4, 0.5) is 16.5 Å². The van der Waals surface area contributed by atoms with Gasteiger partial charge in [0.05, 0.1) is 29.7 Å². The van der Waals surface area contributed by atoms with E-state index in [1.54, 1.807) is 19.1 Å². The molecule has 0 unspecified atom stereocenters. The molecule has 194 valence electrons. The SMILES string of the molecule is CCOC(=O)c1c(NC(=O)c2sc3nc(N)c(C#N)c(-c4ccco4)c3c2N)sc2c1CCc1ccccc1-2. The third kappa shape index (κ3) is 3.93. The van der Waals surface area contributed by atoms with Gasteiger partial charge < -0.3 is 25.9 Å². The summed E-state index contributed by atoms with van der Waals surface area (Å²) in [6, 6.07) is 13.5. The van der Waals surface area contributed by atoms with Gasteiger partial charge in [-0.3, -0.25) is 4.79 Å². The lowest BCUT2D eigenvalue weighted by molar-refractivity contribution is 0.0527. The summed E-state index contributed by atoms with van der Waals surface area (Å²) in [5.74, 6) is -0.590. The molecule has 1 aliphatic carbocycles. The van der Waals surface area contributed by atoms with E-state index >= 15 is 0 Å². The lowest BCUT2D eigenvalue weighted by atomic mass is 9.89. The van der Waals surface area contributed by atoms with Crippen molar-refractivity contribution in [1.29, 1.82) is 5.26 Å². The van der Waals surface area contributed by atoms with Crippen molar-refractivity contribution in [3.8, 4) is 27.8 Å². The zero-order valence-electron chi connectivity index (χ0n) is 20.7. The predicted molar refractivity (Wildman–Crippen MR) is 152 cm³/mol. The summed E-state index contributed by atoms with van der Waals surface area (Å²) < 4.78 is 10.9. The molecule has 6 rings (SSSR count). The van der Waals surface area contributed by atoms with Gasteiger partial charge in [0.25, 0.3) is 5.91 Å². The van der Waals surface area contributed by atoms with E-state index in [1.165, 1.54) is 23.2 Å². The van der Waals surface area contributed by atoms with Crippen molar-refractivity contribution in [3.63, 3.8) is 0 Å². The second kappa shape index (κ2) is 9.58. The maximum absolute atomic E-state index is 13.7. The summed E-state index contributed by atoms with van der Waals surface area (Å²) in [6.07, 6.45) is 2.92. The Hall–Kier alpha value is -4.66. The normalized spacial score (nSPS) is 12.0. The number of hydrogen-bond acceptors (Lipinski definition) is 10. The standard InChI is InChI=1S/C28H21N5O4S2/c1-2-36-28(35)19-15-10-9-13-6-3-4-7-14(13)22(15)38-26(19)33-25(34)23-21(30)20-18(17-8-5-11-37-17)16(12-29)24(31)32-27(20)39-23/h3-8,11H,2,9-10,30H2,1H3,(H2,31,32)(H,33,34). The van der Waals surface area contributed by atoms with Gasteiger partial charge in [0, 0.05) is 10.3 Å². The first-order valence-electron chi connectivity index (χ1n) is 12.1. The molecule has 0 bridgehead atoms. The monoisotopic (exact) mass is 555 g/mol. The zero-order chi connectivity index (χ0) is 27.3. The highest BCUT2D eigenvalue weighted by Crippen LogP contribution is 2.47. The molecule has 0 spiro atoms. The van der Waals surface area contributed by atoms with Crippen LogP contribution in [0.3, 0.4) is 0 Å². The Balaban J connectivity index is 1.47. The van der Waals surface area contributed by atoms with E-state index < -0.39 is 11.9 Å². The first-order chi connectivity index (χ1) is 18.9. The number of carbonyl (C=O) groups is 2. The van der Waals surface area contributed by atoms with Crippen molar-refractivity contribution in [2.75, 3.05) is 23.4 Å². The Kier molecular flexibility index (Phi) is 6.06. The van der Waals surface area contributed by atoms with Crippen LogP contribution in [0.25, 0.3) is 32.0 Å². The average Bonchev–Trinajstić information content (AvgIpc) is 3.66. The van der Waals surface area contributed by atoms with Crippen LogP contribution in [0.15, 0.2) is 47.1 Å². The van der Waals surface area contributed by atoms with E-state index in [-0.39, 0.29) is 28.6 Å². The highest BCUT2D eigenvalue weighted by molar-refractivity contribution is 7.22. The van der Waals surface area contributed by atoms with Crippen LogP contribution in [-0.2, 0) is 17.6 Å². The minimum atomic E-state index is -0.504. The van der Waals surface area contributed by atoms with Crippen molar-refractivity contribution < 1.29 is 18.7 Å². The number of ether oxygens (including phenoxy) is 1. The fourth-order valence-corrected chi connectivity index (χ4v) is 7.23. The lowest BCUT2D eigenvalue weighted by Crippen LogP contribution is -2.16. The van der Waals surface area contributed by atoms with Crippen molar-refractivity contribution in [3.05, 3.63) is 69.8 Å². The number of esters is 1. The largest absolute Gasteiger partial charge is 0.464 e. The topological polar surface area (TPSA) is 157 Å². The average molecular weight is 556 g/mol. The molecule has 0 saturated carbocycles. The van der Waals surface area contributed by atoms with Crippen LogP contribution in [0.1, 0.15) is 43.6 Å². The van der Waals surface area contributed by atoms with Crippen molar-refractivity contribution in [2.45, 2.75) is 19.8 Å². The van der Waals surface area contributed by atoms with Gasteiger partial charge in [0.2, 0.25) is 0 Å². The summed E-state index contributed by atoms with van der Waals surface area (Å²) in [6.45, 7) is 1.95. The maximum atomic E-state index is 13.7. The van der Waals surface area contributed by atoms with Gasteiger partial charge in [0.15, 0.2) is 0 Å². The quantitative estimate of drug-likeness (QED) is 0.228. The Morgan fingerprint density at radius 1 is 1.18 bits per heavy atom. The van der Waals surface area contributed by atoms with E-state index in [4.69, 9.17) is 20.6 Å². The highest BCUT2D eigenvalue weighted by atomic mass is 32.1. The molecule has 0 radical (unpaired) electrons. The number of fused-ring (bicyclic) bond motifs is 4. The van der Waals surface area contributed by atoms with Crippen LogP contribution in [0.5, 0.6) is 0 Å². The van der Waals surface area contributed by atoms with Crippen LogP contribution in [-0.4, -0.2) is 23.5 Å². The van der Waals surface area contributed by atoms with Crippen molar-refractivity contribution in [1.82, 2.24) is 4.98 Å². The van der Waals surface area contributed by atoms with Gasteiger partial charge in [-0.25, -0.2) is 9.78 Å². The first-order valence-corrected chi connectivity index (χ1v) is 13.7. The molecule has 11 heteroatoms. The number of carbonyl (C=O) groups excluding carboxylic acids is 2. The number of anilines is 3. The molecular weight excluding hydrogens is 534 g/mol. The Bertz CT molecular complexity index is 1830. The molecule has 39 heavy (non-hydrogen) atoms. The number of nitrogens with two attached hydrogens (primary N) is 2. The first kappa shape index (κ1) is 24.7. The summed E-state index contributed by atoms with van der Waals surface area (Å²) in [5, 5.41) is 13.5. The minimum Gasteiger partial charge on any atom is -0.464 e. The minimum absolute atomic E-state index is 0.0128. The van der Waals surface area contributed by atoms with Gasteiger partial charge in [-0.15, -0.1) is 22.7 Å². The molecule has 5 N–H and O–H groups in total. The van der Waals surface area contributed by atoms with Crippen LogP contribution >= 0.6 is 22.7 Å². The summed E-state index contributed by atoms with van der Waals surface area (Å²) in [5.41, 5.74) is 16.7. The van der Waals surface area contributed by atoms with E-state index in [0.717, 1.165) is 33.8 Å². The maximum Gasteiger partial charge on any atom is 0.341 e. The fraction of sp³-hybridized carbons (Fsp3) is 0.143. The predicted octanol–water partition coefficient (Wildman–Crippen LogP) is 5.85. The van der Waals surface area contributed by atoms with E-state index in [9.17, 15) is 14.9 Å². The zero-order valence-corrected chi connectivity index (χ0v) is 22.3. The number of pyridine rings is 1. The Morgan fingerprint density at radius 2 is 2.00 bits per heavy atom. The van der Waals surface area contributed by atoms with E-state index in [0.29, 0.717) is 38.5 Å². The van der Waals surface area contributed by atoms with Crippen molar-refractivity contribution >= 4 is 61.3 Å². The molecule has 1 amide bonds. The molecule has 0 atom stereocenters. The number of hydrogen-bond donors (Lipinski definition) is 3. The third-order valence-electron chi connectivity index (χ3n) is 6.61. The van der Waals surface area contributed by atoms with Gasteiger partial charge in [-0.2, -0.15) is 5.26 Å². The number of thiophene rings is 2. The van der Waals surface area contributed by atoms with Crippen LogP contribution in [0.2, 0.25) is 0 Å². The van der Waals surface area contributed by atoms with Crippen LogP contribution in [0, 0.1) is 11.3 Å². The molecule has 0 saturated heterocycles. The Labute approximate surface area is 230 Å². The van der Waals surface area contributed by atoms with Gasteiger partial charge >= 0.3 is 5.97 Å². The second-order valence-corrected chi connectivity index (χ2v) is 10.8. The fourth-order valence-electron chi connectivity index (χ4n) is 4.93. The van der Waals surface area contributed by atoms with E-state index in [1.807, 2.05) is 18.2 Å². The molecule has 4 heterocycles. The number of nitrogen functional groups attached to an aromatic ring is 2. The highest BCUT2D eigenvalue weighted by Gasteiger charge is 2.31. The lowest BCUT2D eigenvalue weighted by Gasteiger charge is -2.16. The number of aromatic nitrogens is 1. The van der Waals surface area contributed by atoms with Crippen molar-refractivity contribution in [2.24, 2.45) is 0 Å². The molecule has 9 nitrogen and oxygen atoms in total. The number of nitrogens with one attached hydrogen (secondary N) is 1. The van der Waals surface area contributed by atoms with Gasteiger partial charge in [-0.1, -0.05) is 24.3 Å². The van der Waals surface area contributed by atoms with Gasteiger partial charge in [-0.05, 0) is 48.6 Å². The summed E-state index contributed by atoms with van der Waals surface area (Å²) in [4.78, 5) is 32.6. The number of aryl methyl sites for hydroxylation is 1. The number of amides is 1. The number of rotatable bonds is 5. The molecule has 5 aromatic rings. The van der Waals surface area contributed by atoms with Gasteiger partial charge in [0.1, 0.15) is 37.9 Å². The second-order valence-electron chi connectivity index (χ2n) is 8.81. The molecule has 1 aromatic carbocycles. The molecular formula is C28H21N5O4S2. The van der Waals surface area contributed by atoms with E-state index in [2.05, 4.69) is 22.4 Å². The number of nitriles is 1. The molecule has 0 aliphatic heterocycles. The number of nitrogens with zero attached hydrogens (tertiary/aromatic N) is 2. The number of furan rings is 1. The smallest absolute Gasteiger partial charge is 0.341 e. The molecule has 0 fully saturated rings. The summed E-state index contributed by atoms with van der Waals surface area (Å²) in [7, 11) is 0. The summed E-state index contributed by atoms with van der Waals surface area (Å²) >= 11 is 2.39. The Morgan fingerprint density at radius 3 is 2.74 bits per heavy atom. The number of benzene rings is 1. The third-order valence-corrected chi connectivity index (χ3v) is 8.89. The molecule has 1 aliphatic rings. The molecule has 4 aromatic heterocycles. The van der Waals surface area contributed by atoms with Crippen LogP contribution < -0.4 is 16.8 Å².